The van der Waals surface area contributed by atoms with Crippen molar-refractivity contribution in [2.24, 2.45) is 0 Å². The minimum Gasteiger partial charge on any atom is 0 e. The normalized spacial score (nSPS) is 6.24. The summed E-state index contributed by atoms with van der Waals surface area (Å²) in [7, 11) is 0. The topological polar surface area (TPSA) is 59.7 Å². The maximum Gasteiger partial charge on any atom is 0 e. The number of hydrogen-bond acceptors (Lipinski definition) is 0. The largest absolute Gasteiger partial charge is 0 e. The van der Waals surface area contributed by atoms with E-state index >= 15 is 0 Å². The van der Waals surface area contributed by atoms with Crippen LogP contribution in [0.25, 0.3) is 0 Å². The molecule has 1 aromatic rings. The molecule has 0 saturated heterocycles. The standard InChI is InChI=1S/C10H14.3CO.Mn/c1-7-5-9(3)10(4)6-8(7)2;3*1-2;/h5-6H,1-4H3;;;;. The Kier molecular flexibility index (Phi) is 25.5. The average Bonchev–Trinajstić information content (AvgIpc) is 2.34. The molecule has 0 aliphatic rings. The van der Waals surface area contributed by atoms with Crippen molar-refractivity contribution < 1.29 is 31.0 Å². The third kappa shape index (κ3) is 11.2. The number of rotatable bonds is 0. The Labute approximate surface area is 113 Å². The Bertz CT molecular complexity index is 300. The van der Waals surface area contributed by atoms with Crippen LogP contribution in [-0.4, -0.2) is 0 Å². The minimum atomic E-state index is 0. The molecule has 0 atom stereocenters. The molecular weight excluding hydrogens is 259 g/mol. The predicted molar refractivity (Wildman–Crippen MR) is 57.2 cm³/mol. The van der Waals surface area contributed by atoms with Gasteiger partial charge in [-0.1, -0.05) is 12.1 Å². The molecule has 0 spiro atoms. The zero-order valence-corrected chi connectivity index (χ0v) is 11.4. The van der Waals surface area contributed by atoms with Crippen molar-refractivity contribution in [1.29, 1.82) is 0 Å². The molecule has 0 aliphatic heterocycles. The summed E-state index contributed by atoms with van der Waals surface area (Å²) < 4.78 is 22.5. The maximum atomic E-state index is 7.50. The molecule has 91 valence electrons. The van der Waals surface area contributed by atoms with Crippen molar-refractivity contribution in [3.05, 3.63) is 54.3 Å². The first-order valence-corrected chi connectivity index (χ1v) is 4.27. The van der Waals surface area contributed by atoms with Gasteiger partial charge >= 0.3 is 33.9 Å². The molecule has 0 unspecified atom stereocenters. The zero-order chi connectivity index (χ0) is 13.7. The molecule has 3 nitrogen and oxygen atoms in total. The van der Waals surface area contributed by atoms with Crippen LogP contribution >= 0.6 is 0 Å². The third-order valence-electron chi connectivity index (χ3n) is 2.11. The van der Waals surface area contributed by atoms with E-state index in [0.717, 1.165) is 0 Å². The molecule has 0 aliphatic carbocycles. The molecule has 1 aromatic carbocycles. The zero-order valence-electron chi connectivity index (χ0n) is 10.3. The number of benzene rings is 1. The van der Waals surface area contributed by atoms with Gasteiger partial charge in [-0.15, -0.1) is 0 Å². The molecule has 0 bridgehead atoms. The molecular formula is C13H14MnO3. The Morgan fingerprint density at radius 2 is 0.706 bits per heavy atom. The second kappa shape index (κ2) is 17.4. The van der Waals surface area contributed by atoms with Crippen molar-refractivity contribution in [2.75, 3.05) is 0 Å². The van der Waals surface area contributed by atoms with E-state index in [2.05, 4.69) is 59.8 Å². The van der Waals surface area contributed by atoms with Crippen LogP contribution in [0.4, 0.5) is 0 Å². The van der Waals surface area contributed by atoms with Gasteiger partial charge in [-0.3, -0.25) is 0 Å². The van der Waals surface area contributed by atoms with Crippen molar-refractivity contribution in [3.8, 4) is 0 Å². The second-order valence-electron chi connectivity index (χ2n) is 3.02. The first kappa shape index (κ1) is 25.0. The summed E-state index contributed by atoms with van der Waals surface area (Å²) in [6, 6.07) is 4.48. The van der Waals surface area contributed by atoms with E-state index in [1.807, 2.05) is 0 Å². The van der Waals surface area contributed by atoms with E-state index in [-0.39, 0.29) is 17.1 Å². The molecule has 1 rings (SSSR count). The van der Waals surface area contributed by atoms with Gasteiger partial charge in [0.15, 0.2) is 0 Å². The smallest absolute Gasteiger partial charge is 0 e. The van der Waals surface area contributed by atoms with Gasteiger partial charge in [-0.2, -0.15) is 0 Å². The van der Waals surface area contributed by atoms with E-state index in [0.29, 0.717) is 0 Å². The summed E-state index contributed by atoms with van der Waals surface area (Å²) in [6.07, 6.45) is 0. The van der Waals surface area contributed by atoms with Crippen LogP contribution in [0.1, 0.15) is 22.3 Å². The summed E-state index contributed by atoms with van der Waals surface area (Å²) in [5.41, 5.74) is 5.57. The maximum absolute atomic E-state index is 7.50. The molecule has 0 saturated carbocycles. The van der Waals surface area contributed by atoms with Crippen LogP contribution in [0.3, 0.4) is 0 Å². The van der Waals surface area contributed by atoms with Gasteiger partial charge in [0.25, 0.3) is 0 Å². The Morgan fingerprint density at radius 3 is 0.824 bits per heavy atom. The monoisotopic (exact) mass is 273 g/mol. The Hall–Kier alpha value is -1.04. The number of hydrogen-bond donors (Lipinski definition) is 0. The quantitative estimate of drug-likeness (QED) is 0.396. The predicted octanol–water partition coefficient (Wildman–Crippen LogP) is 2.81. The van der Waals surface area contributed by atoms with Gasteiger partial charge in [0.1, 0.15) is 0 Å². The van der Waals surface area contributed by atoms with Crippen LogP contribution in [0, 0.1) is 47.6 Å². The van der Waals surface area contributed by atoms with Crippen molar-refractivity contribution >= 4 is 0 Å². The van der Waals surface area contributed by atoms with Crippen LogP contribution in [0.5, 0.6) is 0 Å². The first-order chi connectivity index (χ1) is 7.61. The average molecular weight is 273 g/mol. The molecule has 0 amide bonds. The van der Waals surface area contributed by atoms with E-state index in [4.69, 9.17) is 14.0 Å². The van der Waals surface area contributed by atoms with Crippen LogP contribution < -0.4 is 0 Å². The van der Waals surface area contributed by atoms with E-state index in [9.17, 15) is 0 Å². The van der Waals surface area contributed by atoms with E-state index in [1.165, 1.54) is 22.3 Å². The summed E-state index contributed by atoms with van der Waals surface area (Å²) >= 11 is 0. The van der Waals surface area contributed by atoms with Crippen LogP contribution in [0.15, 0.2) is 12.1 Å². The van der Waals surface area contributed by atoms with Crippen molar-refractivity contribution in [1.82, 2.24) is 0 Å². The van der Waals surface area contributed by atoms with Gasteiger partial charge in [-0.05, 0) is 49.9 Å². The van der Waals surface area contributed by atoms with Gasteiger partial charge in [0, 0.05) is 17.1 Å². The fourth-order valence-corrected chi connectivity index (χ4v) is 1.10. The van der Waals surface area contributed by atoms with Gasteiger partial charge in [0.05, 0.1) is 0 Å². The van der Waals surface area contributed by atoms with Crippen molar-refractivity contribution in [3.63, 3.8) is 0 Å². The third-order valence-corrected chi connectivity index (χ3v) is 2.11. The van der Waals surface area contributed by atoms with E-state index < -0.39 is 0 Å². The molecule has 17 heavy (non-hydrogen) atoms. The second-order valence-corrected chi connectivity index (χ2v) is 3.02. The summed E-state index contributed by atoms with van der Waals surface area (Å²) in [4.78, 5) is 0. The van der Waals surface area contributed by atoms with Gasteiger partial charge < -0.3 is 0 Å². The molecule has 0 fully saturated rings. The minimum absolute atomic E-state index is 0. The van der Waals surface area contributed by atoms with Crippen LogP contribution in [0.2, 0.25) is 0 Å². The fraction of sp³-hybridized carbons (Fsp3) is 0.308. The van der Waals surface area contributed by atoms with E-state index in [1.54, 1.807) is 0 Å². The summed E-state index contributed by atoms with van der Waals surface area (Å²) in [6.45, 7) is 22.1. The fourth-order valence-electron chi connectivity index (χ4n) is 1.10. The number of aryl methyl sites for hydroxylation is 4. The summed E-state index contributed by atoms with van der Waals surface area (Å²) in [5.74, 6) is 0. The molecule has 0 N–H and O–H groups in total. The van der Waals surface area contributed by atoms with Crippen molar-refractivity contribution in [2.45, 2.75) is 27.7 Å². The van der Waals surface area contributed by atoms with Gasteiger partial charge in [-0.25, -0.2) is 0 Å². The Morgan fingerprint density at radius 1 is 0.588 bits per heavy atom. The van der Waals surface area contributed by atoms with Crippen LogP contribution in [-0.2, 0) is 31.0 Å². The molecule has 1 radical (unpaired) electrons. The molecule has 4 heteroatoms. The summed E-state index contributed by atoms with van der Waals surface area (Å²) in [5, 5.41) is 0. The first-order valence-electron chi connectivity index (χ1n) is 4.27. The van der Waals surface area contributed by atoms with Gasteiger partial charge in [0.2, 0.25) is 0 Å². The SMILES string of the molecule is Cc1cc(C)c(C)cc1C.[C-]#[O+].[C-]#[O+].[C-]#[O+].[Mn]. The molecule has 0 aromatic heterocycles. The Balaban J connectivity index is -0.000000106. The molecule has 0 heterocycles.